The number of nitrogens with zero attached hydrogens (tertiary/aromatic N) is 1. The molecule has 112 valence electrons. The highest BCUT2D eigenvalue weighted by Crippen LogP contribution is 2.26. The fourth-order valence-corrected chi connectivity index (χ4v) is 2.67. The van der Waals surface area contributed by atoms with Crippen molar-refractivity contribution in [1.29, 1.82) is 0 Å². The lowest BCUT2D eigenvalue weighted by molar-refractivity contribution is -0.384. The van der Waals surface area contributed by atoms with Crippen LogP contribution in [0.5, 0.6) is 0 Å². The monoisotopic (exact) mass is 321 g/mol. The fraction of sp³-hybridized carbons (Fsp3) is 0.455. The van der Waals surface area contributed by atoms with Crippen LogP contribution in [0.1, 0.15) is 13.8 Å². The predicted molar refractivity (Wildman–Crippen MR) is 76.4 cm³/mol. The molecule has 7 nitrogen and oxygen atoms in total. The van der Waals surface area contributed by atoms with E-state index in [4.69, 9.17) is 11.6 Å². The van der Waals surface area contributed by atoms with Crippen molar-refractivity contribution in [3.63, 3.8) is 0 Å². The molecular weight excluding hydrogens is 306 g/mol. The number of sulfonamides is 1. The number of halogens is 1. The van der Waals surface area contributed by atoms with E-state index in [9.17, 15) is 18.5 Å². The summed E-state index contributed by atoms with van der Waals surface area (Å²) in [6.45, 7) is 4.54. The highest BCUT2D eigenvalue weighted by Gasteiger charge is 2.20. The van der Waals surface area contributed by atoms with E-state index in [1.807, 2.05) is 13.8 Å². The Hall–Kier alpha value is -1.22. The lowest BCUT2D eigenvalue weighted by atomic mass is 10.3. The van der Waals surface area contributed by atoms with E-state index < -0.39 is 20.6 Å². The van der Waals surface area contributed by atoms with Gasteiger partial charge in [-0.3, -0.25) is 10.1 Å². The van der Waals surface area contributed by atoms with Gasteiger partial charge in [0.25, 0.3) is 5.69 Å². The number of hydrogen-bond donors (Lipinski definition) is 2. The summed E-state index contributed by atoms with van der Waals surface area (Å²) in [4.78, 5) is 9.83. The van der Waals surface area contributed by atoms with E-state index in [2.05, 4.69) is 10.0 Å². The topological polar surface area (TPSA) is 101 Å². The van der Waals surface area contributed by atoms with E-state index in [1.165, 1.54) is 12.1 Å². The molecule has 1 aromatic rings. The molecule has 0 spiro atoms. The molecule has 0 amide bonds. The highest BCUT2D eigenvalue weighted by atomic mass is 35.5. The number of rotatable bonds is 7. The number of hydrogen-bond acceptors (Lipinski definition) is 5. The van der Waals surface area contributed by atoms with Crippen molar-refractivity contribution in [3.8, 4) is 0 Å². The van der Waals surface area contributed by atoms with Crippen LogP contribution in [0.2, 0.25) is 5.02 Å². The maximum Gasteiger partial charge on any atom is 0.289 e. The summed E-state index contributed by atoms with van der Waals surface area (Å²) in [7, 11) is -3.78. The van der Waals surface area contributed by atoms with Crippen LogP contribution in [0, 0.1) is 10.1 Å². The van der Waals surface area contributed by atoms with Gasteiger partial charge in [0.2, 0.25) is 10.0 Å². The summed E-state index contributed by atoms with van der Waals surface area (Å²) in [6.07, 6.45) is 0. The second-order valence-electron chi connectivity index (χ2n) is 4.38. The van der Waals surface area contributed by atoms with E-state index in [0.29, 0.717) is 6.54 Å². The standard InChI is InChI=1S/C11H16ClN3O4S/c1-8(2)13-5-6-14-20(18,19)9-3-4-10(12)11(7-9)15(16)17/h3-4,7-8,13-14H,5-6H2,1-2H3. The first kappa shape index (κ1) is 16.8. The van der Waals surface area contributed by atoms with Crippen LogP contribution in [0.4, 0.5) is 5.69 Å². The zero-order valence-electron chi connectivity index (χ0n) is 11.1. The van der Waals surface area contributed by atoms with Crippen LogP contribution >= 0.6 is 11.6 Å². The molecule has 0 unspecified atom stereocenters. The van der Waals surface area contributed by atoms with Gasteiger partial charge in [-0.1, -0.05) is 25.4 Å². The van der Waals surface area contributed by atoms with Gasteiger partial charge in [0.15, 0.2) is 0 Å². The number of benzene rings is 1. The quantitative estimate of drug-likeness (QED) is 0.450. The van der Waals surface area contributed by atoms with Crippen LogP contribution in [0.15, 0.2) is 23.1 Å². The third-order valence-corrected chi connectivity index (χ3v) is 4.17. The highest BCUT2D eigenvalue weighted by molar-refractivity contribution is 7.89. The summed E-state index contributed by atoms with van der Waals surface area (Å²) < 4.78 is 26.3. The third-order valence-electron chi connectivity index (χ3n) is 2.39. The molecule has 0 atom stereocenters. The Kier molecular flexibility index (Phi) is 5.88. The molecule has 0 saturated heterocycles. The first-order valence-electron chi connectivity index (χ1n) is 5.91. The Balaban J connectivity index is 2.82. The van der Waals surface area contributed by atoms with Crippen molar-refractivity contribution in [2.24, 2.45) is 0 Å². The van der Waals surface area contributed by atoms with Gasteiger partial charge >= 0.3 is 0 Å². The van der Waals surface area contributed by atoms with Gasteiger partial charge in [0, 0.05) is 25.2 Å². The molecule has 9 heteroatoms. The Morgan fingerprint density at radius 1 is 1.35 bits per heavy atom. The predicted octanol–water partition coefficient (Wildman–Crippen LogP) is 1.52. The maximum atomic E-state index is 12.0. The Morgan fingerprint density at radius 2 is 2.00 bits per heavy atom. The molecule has 20 heavy (non-hydrogen) atoms. The zero-order chi connectivity index (χ0) is 15.3. The van der Waals surface area contributed by atoms with Gasteiger partial charge in [0.05, 0.1) is 9.82 Å². The third kappa shape index (κ3) is 4.71. The van der Waals surface area contributed by atoms with Crippen molar-refractivity contribution in [1.82, 2.24) is 10.0 Å². The van der Waals surface area contributed by atoms with Gasteiger partial charge in [-0.2, -0.15) is 0 Å². The lowest BCUT2D eigenvalue weighted by Gasteiger charge is -2.10. The van der Waals surface area contributed by atoms with Crippen LogP contribution in [0.25, 0.3) is 0 Å². The van der Waals surface area contributed by atoms with Gasteiger partial charge in [0.1, 0.15) is 5.02 Å². The zero-order valence-corrected chi connectivity index (χ0v) is 12.7. The normalized spacial score (nSPS) is 11.8. The van der Waals surface area contributed by atoms with Crippen LogP contribution < -0.4 is 10.0 Å². The molecule has 0 saturated carbocycles. The minimum atomic E-state index is -3.78. The summed E-state index contributed by atoms with van der Waals surface area (Å²) in [5.74, 6) is 0. The minimum Gasteiger partial charge on any atom is -0.313 e. The minimum absolute atomic E-state index is 0.101. The van der Waals surface area contributed by atoms with E-state index >= 15 is 0 Å². The average molecular weight is 322 g/mol. The molecule has 0 fully saturated rings. The summed E-state index contributed by atoms with van der Waals surface area (Å²) in [5.41, 5.74) is -0.435. The Labute approximate surface area is 122 Å². The molecule has 0 aliphatic rings. The first-order valence-corrected chi connectivity index (χ1v) is 7.77. The van der Waals surface area contributed by atoms with E-state index in [1.54, 1.807) is 0 Å². The second-order valence-corrected chi connectivity index (χ2v) is 6.55. The van der Waals surface area contributed by atoms with Crippen LogP contribution in [-0.4, -0.2) is 32.5 Å². The second kappa shape index (κ2) is 6.98. The molecule has 0 aromatic heterocycles. The van der Waals surface area contributed by atoms with E-state index in [0.717, 1.165) is 6.07 Å². The number of nitrogens with one attached hydrogen (secondary N) is 2. The first-order chi connectivity index (χ1) is 9.24. The smallest absolute Gasteiger partial charge is 0.289 e. The molecule has 2 N–H and O–H groups in total. The molecule has 0 aliphatic heterocycles. The van der Waals surface area contributed by atoms with Crippen molar-refractivity contribution in [2.75, 3.05) is 13.1 Å². The van der Waals surface area contributed by atoms with E-state index in [-0.39, 0.29) is 22.5 Å². The number of nitro benzene ring substituents is 1. The van der Waals surface area contributed by atoms with Crippen molar-refractivity contribution >= 4 is 27.3 Å². The van der Waals surface area contributed by atoms with Crippen LogP contribution in [-0.2, 0) is 10.0 Å². The van der Waals surface area contributed by atoms with Crippen molar-refractivity contribution in [2.45, 2.75) is 24.8 Å². The summed E-state index contributed by atoms with van der Waals surface area (Å²) in [5, 5.41) is 13.7. The lowest BCUT2D eigenvalue weighted by Crippen LogP contribution is -2.34. The average Bonchev–Trinajstić information content (AvgIpc) is 2.34. The van der Waals surface area contributed by atoms with Gasteiger partial charge < -0.3 is 5.32 Å². The maximum absolute atomic E-state index is 12.0. The number of nitro groups is 1. The van der Waals surface area contributed by atoms with Crippen molar-refractivity contribution in [3.05, 3.63) is 33.3 Å². The largest absolute Gasteiger partial charge is 0.313 e. The van der Waals surface area contributed by atoms with Gasteiger partial charge in [-0.15, -0.1) is 0 Å². The molecule has 0 aliphatic carbocycles. The Morgan fingerprint density at radius 3 is 2.55 bits per heavy atom. The molecule has 0 heterocycles. The molecule has 0 radical (unpaired) electrons. The molecule has 1 rings (SSSR count). The molecular formula is C11H16ClN3O4S. The van der Waals surface area contributed by atoms with Crippen molar-refractivity contribution < 1.29 is 13.3 Å². The SMILES string of the molecule is CC(C)NCCNS(=O)(=O)c1ccc(Cl)c([N+](=O)[O-])c1. The summed E-state index contributed by atoms with van der Waals surface area (Å²) >= 11 is 5.64. The van der Waals surface area contributed by atoms with Gasteiger partial charge in [-0.25, -0.2) is 13.1 Å². The summed E-state index contributed by atoms with van der Waals surface area (Å²) in [6, 6.07) is 3.62. The van der Waals surface area contributed by atoms with Gasteiger partial charge in [-0.05, 0) is 12.1 Å². The molecule has 0 bridgehead atoms. The fourth-order valence-electron chi connectivity index (χ4n) is 1.43. The molecule has 1 aromatic carbocycles. The Bertz CT molecular complexity index is 589. The van der Waals surface area contributed by atoms with Crippen LogP contribution in [0.3, 0.4) is 0 Å².